The molecule has 17 heavy (non-hydrogen) atoms. The van der Waals surface area contributed by atoms with Gasteiger partial charge in [0, 0.05) is 13.1 Å². The maximum absolute atomic E-state index is 10.0. The Balaban J connectivity index is 2.31. The van der Waals surface area contributed by atoms with E-state index in [9.17, 15) is 5.11 Å². The molecule has 90 valence electrons. The Morgan fingerprint density at radius 1 is 1.65 bits per heavy atom. The van der Waals surface area contributed by atoms with Crippen LogP contribution in [0.5, 0.6) is 0 Å². The van der Waals surface area contributed by atoms with Crippen LogP contribution >= 0.6 is 0 Å². The zero-order valence-electron chi connectivity index (χ0n) is 9.85. The third kappa shape index (κ3) is 2.48. The molecule has 2 heterocycles. The fourth-order valence-corrected chi connectivity index (χ4v) is 2.21. The normalized spacial score (nSPS) is 24.4. The van der Waals surface area contributed by atoms with Gasteiger partial charge in [-0.05, 0) is 25.8 Å². The van der Waals surface area contributed by atoms with Crippen molar-refractivity contribution in [1.82, 2.24) is 4.98 Å². The Labute approximate surface area is 100 Å². The van der Waals surface area contributed by atoms with Crippen LogP contribution in [0.1, 0.15) is 25.3 Å². The molecule has 5 heteroatoms. The van der Waals surface area contributed by atoms with Crippen LogP contribution in [0.15, 0.2) is 12.3 Å². The Hall–Kier alpha value is -1.80. The zero-order chi connectivity index (χ0) is 12.5. The molecule has 1 aliphatic heterocycles. The lowest BCUT2D eigenvalue weighted by Crippen LogP contribution is -2.46. The van der Waals surface area contributed by atoms with E-state index < -0.39 is 5.60 Å². The summed E-state index contributed by atoms with van der Waals surface area (Å²) in [6.07, 6.45) is 3.21. The predicted molar refractivity (Wildman–Crippen MR) is 65.4 cm³/mol. The summed E-state index contributed by atoms with van der Waals surface area (Å²) in [5, 5.41) is 19.1. The van der Waals surface area contributed by atoms with Crippen molar-refractivity contribution in [2.24, 2.45) is 0 Å². The SMILES string of the molecule is CC1(O)CCCN(c2ncc(N)cc2C#N)C1. The van der Waals surface area contributed by atoms with Gasteiger partial charge in [0.05, 0.1) is 23.0 Å². The molecule has 0 saturated carbocycles. The maximum atomic E-state index is 10.0. The number of aliphatic hydroxyl groups is 1. The van der Waals surface area contributed by atoms with Gasteiger partial charge < -0.3 is 15.7 Å². The molecule has 0 amide bonds. The van der Waals surface area contributed by atoms with Gasteiger partial charge in [-0.2, -0.15) is 5.26 Å². The molecule has 1 aliphatic rings. The highest BCUT2D eigenvalue weighted by atomic mass is 16.3. The molecule has 1 aromatic heterocycles. The summed E-state index contributed by atoms with van der Waals surface area (Å²) < 4.78 is 0. The molecule has 5 nitrogen and oxygen atoms in total. The number of nitrogen functional groups attached to an aromatic ring is 1. The molecular formula is C12H16N4O. The third-order valence-corrected chi connectivity index (χ3v) is 2.98. The Morgan fingerprint density at radius 3 is 3.06 bits per heavy atom. The largest absolute Gasteiger partial charge is 0.397 e. The molecule has 0 radical (unpaired) electrons. The van der Waals surface area contributed by atoms with Crippen LogP contribution in [0, 0.1) is 11.3 Å². The monoisotopic (exact) mass is 232 g/mol. The first-order valence-electron chi connectivity index (χ1n) is 5.65. The Morgan fingerprint density at radius 2 is 2.41 bits per heavy atom. The molecule has 1 saturated heterocycles. The molecule has 0 aliphatic carbocycles. The van der Waals surface area contributed by atoms with Crippen molar-refractivity contribution < 1.29 is 5.11 Å². The van der Waals surface area contributed by atoms with Gasteiger partial charge in [0.1, 0.15) is 11.9 Å². The van der Waals surface area contributed by atoms with E-state index in [1.54, 1.807) is 12.3 Å². The molecular weight excluding hydrogens is 216 g/mol. The number of β-amino-alcohol motifs (C(OH)–C–C–N with tert-alkyl or cyclic N) is 1. The number of nitriles is 1. The van der Waals surface area contributed by atoms with Crippen molar-refractivity contribution >= 4 is 11.5 Å². The van der Waals surface area contributed by atoms with Crippen LogP contribution in [0.4, 0.5) is 11.5 Å². The minimum atomic E-state index is -0.714. The lowest BCUT2D eigenvalue weighted by Gasteiger charge is -2.37. The van der Waals surface area contributed by atoms with Crippen LogP contribution in [0.2, 0.25) is 0 Å². The topological polar surface area (TPSA) is 86.2 Å². The molecule has 0 bridgehead atoms. The van der Waals surface area contributed by atoms with Crippen LogP contribution in [-0.2, 0) is 0 Å². The van der Waals surface area contributed by atoms with Gasteiger partial charge in [-0.25, -0.2) is 4.98 Å². The quantitative estimate of drug-likeness (QED) is 0.750. The number of rotatable bonds is 1. The number of nitrogens with two attached hydrogens (primary N) is 1. The minimum absolute atomic E-state index is 0.461. The zero-order valence-corrected chi connectivity index (χ0v) is 9.85. The third-order valence-electron chi connectivity index (χ3n) is 2.98. The summed E-state index contributed by atoms with van der Waals surface area (Å²) in [6, 6.07) is 3.71. The van der Waals surface area contributed by atoms with Crippen molar-refractivity contribution in [3.05, 3.63) is 17.8 Å². The second kappa shape index (κ2) is 4.22. The van der Waals surface area contributed by atoms with Crippen molar-refractivity contribution in [3.8, 4) is 6.07 Å². The number of piperidine rings is 1. The molecule has 2 rings (SSSR count). The molecule has 0 spiro atoms. The fraction of sp³-hybridized carbons (Fsp3) is 0.500. The van der Waals surface area contributed by atoms with Crippen LogP contribution in [-0.4, -0.2) is 28.8 Å². The van der Waals surface area contributed by atoms with E-state index in [1.807, 2.05) is 11.8 Å². The number of aromatic nitrogens is 1. The molecule has 3 N–H and O–H groups in total. The van der Waals surface area contributed by atoms with E-state index in [0.717, 1.165) is 19.4 Å². The van der Waals surface area contributed by atoms with E-state index >= 15 is 0 Å². The van der Waals surface area contributed by atoms with Gasteiger partial charge in [0.15, 0.2) is 0 Å². The average molecular weight is 232 g/mol. The van der Waals surface area contributed by atoms with E-state index in [4.69, 9.17) is 11.0 Å². The summed E-state index contributed by atoms with van der Waals surface area (Å²) in [4.78, 5) is 6.15. The Bertz CT molecular complexity index is 464. The number of pyridine rings is 1. The van der Waals surface area contributed by atoms with E-state index in [-0.39, 0.29) is 0 Å². The van der Waals surface area contributed by atoms with Crippen LogP contribution < -0.4 is 10.6 Å². The molecule has 1 atom stereocenters. The maximum Gasteiger partial charge on any atom is 0.146 e. The lowest BCUT2D eigenvalue weighted by atomic mass is 9.95. The fourth-order valence-electron chi connectivity index (χ4n) is 2.21. The van der Waals surface area contributed by atoms with Gasteiger partial charge >= 0.3 is 0 Å². The molecule has 1 unspecified atom stereocenters. The lowest BCUT2D eigenvalue weighted by molar-refractivity contribution is 0.0447. The van der Waals surface area contributed by atoms with Crippen molar-refractivity contribution in [3.63, 3.8) is 0 Å². The van der Waals surface area contributed by atoms with Crippen molar-refractivity contribution in [1.29, 1.82) is 5.26 Å². The Kier molecular flexibility index (Phi) is 2.90. The molecule has 1 fully saturated rings. The first-order chi connectivity index (χ1) is 8.02. The van der Waals surface area contributed by atoms with Gasteiger partial charge in [0.25, 0.3) is 0 Å². The first kappa shape index (κ1) is 11.7. The van der Waals surface area contributed by atoms with Gasteiger partial charge in [0.2, 0.25) is 0 Å². The number of nitrogens with zero attached hydrogens (tertiary/aromatic N) is 3. The summed E-state index contributed by atoms with van der Waals surface area (Å²) >= 11 is 0. The predicted octanol–water partition coefficient (Wildman–Crippen LogP) is 0.887. The van der Waals surface area contributed by atoms with Crippen LogP contribution in [0.25, 0.3) is 0 Å². The second-order valence-electron chi connectivity index (χ2n) is 4.77. The highest BCUT2D eigenvalue weighted by Crippen LogP contribution is 2.27. The summed E-state index contributed by atoms with van der Waals surface area (Å²) in [5.74, 6) is 0.613. The standard InChI is InChI=1S/C12H16N4O/c1-12(17)3-2-4-16(8-12)11-9(6-13)5-10(14)7-15-11/h5,7,17H,2-4,8,14H2,1H3. The van der Waals surface area contributed by atoms with Gasteiger partial charge in [-0.15, -0.1) is 0 Å². The number of hydrogen-bond donors (Lipinski definition) is 2. The number of anilines is 2. The molecule has 1 aromatic rings. The van der Waals surface area contributed by atoms with Crippen molar-refractivity contribution in [2.45, 2.75) is 25.4 Å². The van der Waals surface area contributed by atoms with Gasteiger partial charge in [-0.1, -0.05) is 0 Å². The highest BCUT2D eigenvalue weighted by Gasteiger charge is 2.30. The highest BCUT2D eigenvalue weighted by molar-refractivity contribution is 5.59. The van der Waals surface area contributed by atoms with E-state index in [1.165, 1.54) is 0 Å². The van der Waals surface area contributed by atoms with Crippen molar-refractivity contribution in [2.75, 3.05) is 23.7 Å². The summed E-state index contributed by atoms with van der Waals surface area (Å²) in [5.41, 5.74) is 5.83. The smallest absolute Gasteiger partial charge is 0.146 e. The van der Waals surface area contributed by atoms with Gasteiger partial charge in [-0.3, -0.25) is 0 Å². The van der Waals surface area contributed by atoms with E-state index in [0.29, 0.717) is 23.6 Å². The average Bonchev–Trinajstić information content (AvgIpc) is 2.27. The number of hydrogen-bond acceptors (Lipinski definition) is 5. The molecule has 0 aromatic carbocycles. The minimum Gasteiger partial charge on any atom is -0.397 e. The first-order valence-corrected chi connectivity index (χ1v) is 5.65. The van der Waals surface area contributed by atoms with E-state index in [2.05, 4.69) is 11.1 Å². The van der Waals surface area contributed by atoms with Crippen LogP contribution in [0.3, 0.4) is 0 Å². The summed E-state index contributed by atoms with van der Waals surface area (Å²) in [6.45, 7) is 3.11. The summed E-state index contributed by atoms with van der Waals surface area (Å²) in [7, 11) is 0. The second-order valence-corrected chi connectivity index (χ2v) is 4.77.